The van der Waals surface area contributed by atoms with Crippen LogP contribution in [-0.2, 0) is 0 Å². The van der Waals surface area contributed by atoms with E-state index in [9.17, 15) is 0 Å². The van der Waals surface area contributed by atoms with Gasteiger partial charge in [-0.15, -0.1) is 0 Å². The number of benzene rings is 1. The van der Waals surface area contributed by atoms with Gasteiger partial charge in [-0.25, -0.2) is 0 Å². The Morgan fingerprint density at radius 1 is 1.39 bits per heavy atom. The van der Waals surface area contributed by atoms with Crippen molar-refractivity contribution in [2.75, 3.05) is 6.54 Å². The summed E-state index contributed by atoms with van der Waals surface area (Å²) in [6.07, 6.45) is 5.08. The van der Waals surface area contributed by atoms with Gasteiger partial charge in [-0.05, 0) is 25.1 Å². The summed E-state index contributed by atoms with van der Waals surface area (Å²) in [4.78, 5) is 0. The van der Waals surface area contributed by atoms with E-state index in [4.69, 9.17) is 4.74 Å². The van der Waals surface area contributed by atoms with Crippen molar-refractivity contribution in [2.45, 2.75) is 51.7 Å². The fraction of sp³-hybridized carbons (Fsp3) is 0.600. The second-order valence-corrected chi connectivity index (χ2v) is 5.83. The van der Waals surface area contributed by atoms with Crippen LogP contribution in [0.25, 0.3) is 0 Å². The minimum Gasteiger partial charge on any atom is -0.490 e. The lowest BCUT2D eigenvalue weighted by Crippen LogP contribution is -2.33. The highest BCUT2D eigenvalue weighted by atomic mass is 79.9. The van der Waals surface area contributed by atoms with Crippen LogP contribution >= 0.6 is 15.9 Å². The third-order valence-electron chi connectivity index (χ3n) is 3.47. The average molecular weight is 312 g/mol. The van der Waals surface area contributed by atoms with E-state index < -0.39 is 0 Å². The summed E-state index contributed by atoms with van der Waals surface area (Å²) >= 11 is 3.52. The van der Waals surface area contributed by atoms with Gasteiger partial charge >= 0.3 is 0 Å². The maximum absolute atomic E-state index is 6.12. The number of rotatable bonds is 5. The Bertz CT molecular complexity index is 394. The van der Waals surface area contributed by atoms with E-state index in [2.05, 4.69) is 53.3 Å². The molecule has 0 saturated carbocycles. The zero-order valence-electron chi connectivity index (χ0n) is 11.2. The second kappa shape index (κ2) is 6.58. The van der Waals surface area contributed by atoms with E-state index in [1.807, 2.05) is 0 Å². The molecule has 1 aromatic rings. The molecule has 0 aliphatic carbocycles. The molecule has 0 bridgehead atoms. The Balaban J connectivity index is 2.17. The number of hydrogen-bond acceptors (Lipinski definition) is 2. The maximum atomic E-state index is 6.12. The van der Waals surface area contributed by atoms with E-state index in [0.29, 0.717) is 12.1 Å². The summed E-state index contributed by atoms with van der Waals surface area (Å²) in [6, 6.07) is 6.80. The third kappa shape index (κ3) is 3.27. The molecule has 18 heavy (non-hydrogen) atoms. The monoisotopic (exact) mass is 311 g/mol. The van der Waals surface area contributed by atoms with Crippen molar-refractivity contribution in [3.05, 3.63) is 28.2 Å². The van der Waals surface area contributed by atoms with Crippen LogP contribution in [-0.4, -0.2) is 12.6 Å². The van der Waals surface area contributed by atoms with E-state index >= 15 is 0 Å². The summed E-state index contributed by atoms with van der Waals surface area (Å²) in [5.41, 5.74) is 1.30. The first-order valence-electron chi connectivity index (χ1n) is 6.94. The first-order valence-corrected chi connectivity index (χ1v) is 7.73. The largest absolute Gasteiger partial charge is 0.490 e. The van der Waals surface area contributed by atoms with Crippen molar-refractivity contribution < 1.29 is 4.74 Å². The van der Waals surface area contributed by atoms with Gasteiger partial charge < -0.3 is 10.1 Å². The van der Waals surface area contributed by atoms with Crippen molar-refractivity contribution in [1.29, 1.82) is 0 Å². The minimum absolute atomic E-state index is 0.357. The summed E-state index contributed by atoms with van der Waals surface area (Å²) in [5.74, 6) is 1.04. The van der Waals surface area contributed by atoms with Gasteiger partial charge in [0, 0.05) is 22.5 Å². The van der Waals surface area contributed by atoms with Gasteiger partial charge in [-0.2, -0.15) is 0 Å². The molecule has 0 spiro atoms. The van der Waals surface area contributed by atoms with E-state index in [1.165, 1.54) is 18.4 Å². The van der Waals surface area contributed by atoms with Crippen molar-refractivity contribution in [2.24, 2.45) is 0 Å². The van der Waals surface area contributed by atoms with Crippen LogP contribution in [0.1, 0.15) is 51.1 Å². The number of hydrogen-bond donors (Lipinski definition) is 1. The lowest BCUT2D eigenvalue weighted by atomic mass is 9.94. The molecule has 0 aromatic heterocycles. The molecule has 0 fully saturated rings. The van der Waals surface area contributed by atoms with Crippen LogP contribution in [0.2, 0.25) is 0 Å². The van der Waals surface area contributed by atoms with Crippen LogP contribution in [0.5, 0.6) is 5.75 Å². The van der Waals surface area contributed by atoms with Gasteiger partial charge in [-0.3, -0.25) is 0 Å². The molecule has 1 heterocycles. The molecule has 0 saturated heterocycles. The average Bonchev–Trinajstić information content (AvgIpc) is 2.36. The highest BCUT2D eigenvalue weighted by Gasteiger charge is 2.27. The number of unbranched alkanes of at least 4 members (excludes halogenated alkanes) is 1. The lowest BCUT2D eigenvalue weighted by molar-refractivity contribution is 0.139. The summed E-state index contributed by atoms with van der Waals surface area (Å²) < 4.78 is 7.21. The first-order chi connectivity index (χ1) is 8.74. The molecule has 1 aliphatic rings. The minimum atomic E-state index is 0.357. The molecule has 2 rings (SSSR count). The molecule has 100 valence electrons. The summed E-state index contributed by atoms with van der Waals surface area (Å²) in [6.45, 7) is 5.39. The molecule has 0 radical (unpaired) electrons. The Morgan fingerprint density at radius 2 is 2.22 bits per heavy atom. The van der Waals surface area contributed by atoms with Gasteiger partial charge in [0.2, 0.25) is 0 Å². The van der Waals surface area contributed by atoms with E-state index in [1.54, 1.807) is 0 Å². The SMILES string of the molecule is CCCCC1CC(NCC)c2ccc(Br)cc2O1. The number of ether oxygens (including phenoxy) is 1. The fourth-order valence-electron chi connectivity index (χ4n) is 2.56. The molecule has 1 N–H and O–H groups in total. The van der Waals surface area contributed by atoms with Crippen LogP contribution in [0.15, 0.2) is 22.7 Å². The normalized spacial score (nSPS) is 22.4. The Hall–Kier alpha value is -0.540. The van der Waals surface area contributed by atoms with Crippen LogP contribution in [0.4, 0.5) is 0 Å². The quantitative estimate of drug-likeness (QED) is 0.868. The Labute approximate surface area is 118 Å². The van der Waals surface area contributed by atoms with Crippen LogP contribution in [0.3, 0.4) is 0 Å². The van der Waals surface area contributed by atoms with E-state index in [0.717, 1.165) is 29.6 Å². The molecule has 1 aliphatic heterocycles. The van der Waals surface area contributed by atoms with Crippen molar-refractivity contribution in [3.63, 3.8) is 0 Å². The maximum Gasteiger partial charge on any atom is 0.125 e. The summed E-state index contributed by atoms with van der Waals surface area (Å²) in [5, 5.41) is 3.57. The van der Waals surface area contributed by atoms with E-state index in [-0.39, 0.29) is 0 Å². The topological polar surface area (TPSA) is 21.3 Å². The molecular formula is C15H22BrNO. The van der Waals surface area contributed by atoms with Gasteiger partial charge in [0.05, 0.1) is 0 Å². The Kier molecular flexibility index (Phi) is 5.07. The fourth-order valence-corrected chi connectivity index (χ4v) is 2.90. The van der Waals surface area contributed by atoms with Crippen LogP contribution in [0, 0.1) is 0 Å². The van der Waals surface area contributed by atoms with Gasteiger partial charge in [0.25, 0.3) is 0 Å². The first kappa shape index (κ1) is 13.9. The second-order valence-electron chi connectivity index (χ2n) is 4.91. The molecular weight excluding hydrogens is 290 g/mol. The Morgan fingerprint density at radius 3 is 2.94 bits per heavy atom. The molecule has 2 nitrogen and oxygen atoms in total. The summed E-state index contributed by atoms with van der Waals surface area (Å²) in [7, 11) is 0. The molecule has 2 unspecified atom stereocenters. The zero-order valence-corrected chi connectivity index (χ0v) is 12.8. The zero-order chi connectivity index (χ0) is 13.0. The van der Waals surface area contributed by atoms with Crippen molar-refractivity contribution >= 4 is 15.9 Å². The molecule has 3 heteroatoms. The highest BCUT2D eigenvalue weighted by molar-refractivity contribution is 9.10. The van der Waals surface area contributed by atoms with Gasteiger partial charge in [0.1, 0.15) is 11.9 Å². The van der Waals surface area contributed by atoms with Crippen molar-refractivity contribution in [1.82, 2.24) is 5.32 Å². The lowest BCUT2D eigenvalue weighted by Gasteiger charge is -2.33. The smallest absolute Gasteiger partial charge is 0.125 e. The highest BCUT2D eigenvalue weighted by Crippen LogP contribution is 2.37. The third-order valence-corrected chi connectivity index (χ3v) is 3.97. The molecule has 0 amide bonds. The van der Waals surface area contributed by atoms with Gasteiger partial charge in [-0.1, -0.05) is 48.7 Å². The molecule has 2 atom stereocenters. The standard InChI is InChI=1S/C15H22BrNO/c1-3-5-6-12-10-14(17-4-2)13-8-7-11(16)9-15(13)18-12/h7-9,12,14,17H,3-6,10H2,1-2H3. The molecule has 1 aromatic carbocycles. The van der Waals surface area contributed by atoms with Crippen molar-refractivity contribution in [3.8, 4) is 5.75 Å². The van der Waals surface area contributed by atoms with Gasteiger partial charge in [0.15, 0.2) is 0 Å². The predicted molar refractivity (Wildman–Crippen MR) is 79.1 cm³/mol. The number of fused-ring (bicyclic) bond motifs is 1. The van der Waals surface area contributed by atoms with Crippen LogP contribution < -0.4 is 10.1 Å². The predicted octanol–water partition coefficient (Wildman–Crippen LogP) is 4.44. The number of halogens is 1. The number of nitrogens with one attached hydrogen (secondary N) is 1.